The van der Waals surface area contributed by atoms with E-state index in [1.807, 2.05) is 54.9 Å². The smallest absolute Gasteiger partial charge is 0.336 e. The van der Waals surface area contributed by atoms with Crippen LogP contribution < -0.4 is 5.32 Å². The number of anilines is 1. The summed E-state index contributed by atoms with van der Waals surface area (Å²) in [5.74, 6) is 0.264. The Morgan fingerprint density at radius 3 is 2.52 bits per heavy atom. The minimum Gasteiger partial charge on any atom is -0.478 e. The molecule has 6 nitrogen and oxygen atoms in total. The molecule has 6 heteroatoms. The number of hydrogen-bond acceptors (Lipinski definition) is 3. The normalized spacial score (nSPS) is 13.4. The quantitative estimate of drug-likeness (QED) is 0.210. The number of nitrogens with zero attached hydrogens (tertiary/aromatic N) is 2. The Bertz CT molecular complexity index is 1470. The highest BCUT2D eigenvalue weighted by molar-refractivity contribution is 5.96. The summed E-state index contributed by atoms with van der Waals surface area (Å²) in [6.45, 7) is 2.85. The topological polar surface area (TPSA) is 84.2 Å². The van der Waals surface area contributed by atoms with E-state index in [-0.39, 0.29) is 11.8 Å². The van der Waals surface area contributed by atoms with Gasteiger partial charge in [0.15, 0.2) is 0 Å². The van der Waals surface area contributed by atoms with Gasteiger partial charge in [-0.1, -0.05) is 80.8 Å². The van der Waals surface area contributed by atoms with Crippen molar-refractivity contribution in [1.29, 1.82) is 0 Å². The minimum atomic E-state index is -0.930. The fourth-order valence-electron chi connectivity index (χ4n) is 5.70. The number of carbonyl (C=O) groups is 2. The van der Waals surface area contributed by atoms with Crippen LogP contribution in [0.4, 0.5) is 5.69 Å². The van der Waals surface area contributed by atoms with Crippen LogP contribution in [-0.4, -0.2) is 26.5 Å². The van der Waals surface area contributed by atoms with Crippen molar-refractivity contribution in [3.8, 4) is 11.1 Å². The molecule has 5 rings (SSSR count). The first kappa shape index (κ1) is 27.4. The van der Waals surface area contributed by atoms with Gasteiger partial charge in [0.1, 0.15) is 5.82 Å². The number of rotatable bonds is 11. The van der Waals surface area contributed by atoms with Crippen LogP contribution in [0.3, 0.4) is 0 Å². The Kier molecular flexibility index (Phi) is 8.74. The van der Waals surface area contributed by atoms with Crippen molar-refractivity contribution in [1.82, 2.24) is 9.55 Å². The van der Waals surface area contributed by atoms with Gasteiger partial charge in [0.05, 0.1) is 5.56 Å². The van der Waals surface area contributed by atoms with Crippen molar-refractivity contribution < 1.29 is 14.7 Å². The molecule has 1 amide bonds. The number of imidazole rings is 1. The largest absolute Gasteiger partial charge is 0.478 e. The van der Waals surface area contributed by atoms with Crippen molar-refractivity contribution in [2.75, 3.05) is 5.32 Å². The number of aromatic nitrogens is 2. The van der Waals surface area contributed by atoms with Gasteiger partial charge in [0, 0.05) is 37.0 Å². The van der Waals surface area contributed by atoms with Gasteiger partial charge in [-0.3, -0.25) is 4.79 Å². The summed E-state index contributed by atoms with van der Waals surface area (Å²) >= 11 is 0. The van der Waals surface area contributed by atoms with Crippen LogP contribution in [0.2, 0.25) is 0 Å². The van der Waals surface area contributed by atoms with E-state index in [4.69, 9.17) is 4.98 Å². The van der Waals surface area contributed by atoms with Crippen molar-refractivity contribution in [2.24, 2.45) is 5.92 Å². The van der Waals surface area contributed by atoms with Gasteiger partial charge in [-0.15, -0.1) is 0 Å². The van der Waals surface area contributed by atoms with Gasteiger partial charge in [-0.2, -0.15) is 0 Å². The molecule has 0 bridgehead atoms. The van der Waals surface area contributed by atoms with Crippen LogP contribution in [-0.2, 0) is 24.2 Å². The Labute approximate surface area is 236 Å². The third-order valence-electron chi connectivity index (χ3n) is 7.97. The van der Waals surface area contributed by atoms with Crippen LogP contribution in [0.25, 0.3) is 11.1 Å². The standard InChI is InChI=1S/C34H37N3O3/c1-2-3-9-25-12-8-15-31(36-33(38)27-10-4-5-11-27)30(25)22-32-35-20-21-37(32)23-24-16-18-26(19-17-24)28-13-6-7-14-29(28)34(39)40/h6-8,12-21,27H,2-5,9-11,22-23H2,1H3,(H,36,38)(H,39,40). The highest BCUT2D eigenvalue weighted by Crippen LogP contribution is 2.30. The zero-order chi connectivity index (χ0) is 27.9. The first-order valence-electron chi connectivity index (χ1n) is 14.4. The lowest BCUT2D eigenvalue weighted by Gasteiger charge is -2.18. The maximum Gasteiger partial charge on any atom is 0.336 e. The molecule has 1 saturated carbocycles. The lowest BCUT2D eigenvalue weighted by molar-refractivity contribution is -0.119. The number of hydrogen-bond donors (Lipinski definition) is 2. The number of amides is 1. The van der Waals surface area contributed by atoms with Crippen molar-refractivity contribution >= 4 is 17.6 Å². The molecule has 40 heavy (non-hydrogen) atoms. The summed E-state index contributed by atoms with van der Waals surface area (Å²) in [5, 5.41) is 12.8. The maximum atomic E-state index is 13.0. The number of nitrogens with one attached hydrogen (secondary N) is 1. The summed E-state index contributed by atoms with van der Waals surface area (Å²) in [6.07, 6.45) is 11.9. The van der Waals surface area contributed by atoms with E-state index in [1.54, 1.807) is 12.1 Å². The molecule has 0 aliphatic heterocycles. The van der Waals surface area contributed by atoms with E-state index in [0.717, 1.165) is 73.1 Å². The van der Waals surface area contributed by atoms with E-state index in [0.29, 0.717) is 24.1 Å². The second kappa shape index (κ2) is 12.8. The second-order valence-electron chi connectivity index (χ2n) is 10.7. The average Bonchev–Trinajstić information content (AvgIpc) is 3.66. The SMILES string of the molecule is CCCCc1cccc(NC(=O)C2CCCC2)c1Cc1nccn1Cc1ccc(-c2ccccc2C(=O)O)cc1. The zero-order valence-electron chi connectivity index (χ0n) is 23.1. The monoisotopic (exact) mass is 535 g/mol. The highest BCUT2D eigenvalue weighted by Gasteiger charge is 2.24. The van der Waals surface area contributed by atoms with Crippen LogP contribution in [0.5, 0.6) is 0 Å². The van der Waals surface area contributed by atoms with Crippen LogP contribution in [0, 0.1) is 5.92 Å². The molecule has 1 aromatic heterocycles. The molecular weight excluding hydrogens is 498 g/mol. The summed E-state index contributed by atoms with van der Waals surface area (Å²) in [5.41, 5.74) is 6.30. The van der Waals surface area contributed by atoms with Crippen LogP contribution in [0.1, 0.15) is 78.3 Å². The molecule has 2 N–H and O–H groups in total. The third kappa shape index (κ3) is 6.33. The van der Waals surface area contributed by atoms with Gasteiger partial charge >= 0.3 is 5.97 Å². The van der Waals surface area contributed by atoms with Crippen LogP contribution in [0.15, 0.2) is 79.1 Å². The predicted octanol–water partition coefficient (Wildman–Crippen LogP) is 7.36. The molecule has 3 aromatic carbocycles. The molecule has 0 unspecified atom stereocenters. The summed E-state index contributed by atoms with van der Waals surface area (Å²) in [6, 6.07) is 21.4. The number of benzene rings is 3. The van der Waals surface area contributed by atoms with Gasteiger partial charge in [0.25, 0.3) is 0 Å². The minimum absolute atomic E-state index is 0.111. The highest BCUT2D eigenvalue weighted by atomic mass is 16.4. The molecular formula is C34H37N3O3. The summed E-state index contributed by atoms with van der Waals surface area (Å²) < 4.78 is 2.15. The molecule has 0 radical (unpaired) electrons. The fraction of sp³-hybridized carbons (Fsp3) is 0.324. The summed E-state index contributed by atoms with van der Waals surface area (Å²) in [4.78, 5) is 29.4. The Morgan fingerprint density at radius 2 is 1.77 bits per heavy atom. The van der Waals surface area contributed by atoms with E-state index in [2.05, 4.69) is 28.9 Å². The number of aryl methyl sites for hydroxylation is 1. The second-order valence-corrected chi connectivity index (χ2v) is 10.7. The maximum absolute atomic E-state index is 13.0. The van der Waals surface area contributed by atoms with Gasteiger partial charge in [0.2, 0.25) is 5.91 Å². The van der Waals surface area contributed by atoms with Gasteiger partial charge < -0.3 is 15.0 Å². The van der Waals surface area contributed by atoms with Crippen molar-refractivity contribution in [3.63, 3.8) is 0 Å². The zero-order valence-corrected chi connectivity index (χ0v) is 23.1. The molecule has 1 aliphatic carbocycles. The first-order valence-corrected chi connectivity index (χ1v) is 14.4. The van der Waals surface area contributed by atoms with Gasteiger partial charge in [-0.25, -0.2) is 9.78 Å². The number of aromatic carboxylic acids is 1. The van der Waals surface area contributed by atoms with Crippen molar-refractivity contribution in [3.05, 3.63) is 107 Å². The molecule has 1 heterocycles. The van der Waals surface area contributed by atoms with Crippen LogP contribution >= 0.6 is 0 Å². The third-order valence-corrected chi connectivity index (χ3v) is 7.97. The molecule has 0 saturated heterocycles. The Hall–Kier alpha value is -4.19. The molecule has 0 atom stereocenters. The fourth-order valence-corrected chi connectivity index (χ4v) is 5.70. The lowest BCUT2D eigenvalue weighted by Crippen LogP contribution is -2.21. The molecule has 0 spiro atoms. The van der Waals surface area contributed by atoms with Gasteiger partial charge in [-0.05, 0) is 65.6 Å². The number of unbranched alkanes of at least 4 members (excludes halogenated alkanes) is 1. The van der Waals surface area contributed by atoms with E-state index < -0.39 is 5.97 Å². The Balaban J connectivity index is 1.37. The predicted molar refractivity (Wildman–Crippen MR) is 159 cm³/mol. The van der Waals surface area contributed by atoms with E-state index in [9.17, 15) is 14.7 Å². The molecule has 206 valence electrons. The average molecular weight is 536 g/mol. The summed E-state index contributed by atoms with van der Waals surface area (Å²) in [7, 11) is 0. The first-order chi connectivity index (χ1) is 19.5. The number of carbonyl (C=O) groups excluding carboxylic acids is 1. The number of carboxylic acid groups (broad SMARTS) is 1. The van der Waals surface area contributed by atoms with E-state index in [1.165, 1.54) is 5.56 Å². The molecule has 1 fully saturated rings. The Morgan fingerprint density at radius 1 is 1.00 bits per heavy atom. The lowest BCUT2D eigenvalue weighted by atomic mass is 9.96. The number of carboxylic acids is 1. The molecule has 1 aliphatic rings. The van der Waals surface area contributed by atoms with Crippen molar-refractivity contribution in [2.45, 2.75) is 64.8 Å². The van der Waals surface area contributed by atoms with E-state index >= 15 is 0 Å². The molecule has 4 aromatic rings.